The number of carbonyl (C=O) groups excluding carboxylic acids is 2. The Morgan fingerprint density at radius 1 is 0.938 bits per heavy atom. The van der Waals surface area contributed by atoms with Gasteiger partial charge in [-0.1, -0.05) is 30.3 Å². The minimum atomic E-state index is -0.316. The summed E-state index contributed by atoms with van der Waals surface area (Å²) in [7, 11) is 0. The zero-order valence-electron chi connectivity index (χ0n) is 17.2. The number of nitrogens with one attached hydrogen (secondary N) is 2. The van der Waals surface area contributed by atoms with Gasteiger partial charge in [-0.15, -0.1) is 0 Å². The Labute approximate surface area is 184 Å². The van der Waals surface area contributed by atoms with Gasteiger partial charge in [0.25, 0.3) is 11.8 Å². The van der Waals surface area contributed by atoms with Crippen molar-refractivity contribution in [1.29, 1.82) is 0 Å². The number of anilines is 1. The van der Waals surface area contributed by atoms with Gasteiger partial charge in [0.15, 0.2) is 11.5 Å². The Bertz CT molecular complexity index is 1220. The second-order valence-electron chi connectivity index (χ2n) is 7.68. The molecule has 2 aromatic heterocycles. The number of furan rings is 1. The second kappa shape index (κ2) is 8.55. The molecule has 0 saturated heterocycles. The third kappa shape index (κ3) is 4.32. The summed E-state index contributed by atoms with van der Waals surface area (Å²) in [5.41, 5.74) is 2.74. The molecular weight excluding hydrogens is 406 g/mol. The summed E-state index contributed by atoms with van der Waals surface area (Å²) in [6.07, 6.45) is 3.47. The molecule has 0 bridgehead atoms. The average molecular weight is 427 g/mol. The number of rotatable bonds is 7. The number of aromatic nitrogens is 1. The summed E-state index contributed by atoms with van der Waals surface area (Å²) in [4.78, 5) is 29.4. The minimum Gasteiger partial charge on any atom is -0.459 e. The highest BCUT2D eigenvalue weighted by Crippen LogP contribution is 2.43. The Morgan fingerprint density at radius 3 is 2.41 bits per heavy atom. The molecule has 32 heavy (non-hydrogen) atoms. The first-order valence-electron chi connectivity index (χ1n) is 10.5. The molecule has 1 fully saturated rings. The van der Waals surface area contributed by atoms with Crippen LogP contribution in [0.4, 0.5) is 5.69 Å². The molecule has 2 amide bonds. The summed E-state index contributed by atoms with van der Waals surface area (Å²) in [5.74, 6) is 1.07. The van der Waals surface area contributed by atoms with E-state index in [2.05, 4.69) is 15.6 Å². The predicted molar refractivity (Wildman–Crippen MR) is 118 cm³/mol. The van der Waals surface area contributed by atoms with Crippen LogP contribution in [0.3, 0.4) is 0 Å². The molecule has 2 aromatic carbocycles. The van der Waals surface area contributed by atoms with Crippen LogP contribution in [0.2, 0.25) is 0 Å². The number of hydrogen-bond acceptors (Lipinski definition) is 5. The van der Waals surface area contributed by atoms with E-state index >= 15 is 0 Å². The fourth-order valence-electron chi connectivity index (χ4n) is 3.39. The zero-order valence-corrected chi connectivity index (χ0v) is 17.2. The summed E-state index contributed by atoms with van der Waals surface area (Å²) in [5, 5.41) is 5.69. The third-order valence-corrected chi connectivity index (χ3v) is 5.25. The predicted octanol–water partition coefficient (Wildman–Crippen LogP) is 4.99. The van der Waals surface area contributed by atoms with Crippen LogP contribution in [0.15, 0.2) is 81.8 Å². The normalized spacial score (nSPS) is 13.0. The smallest absolute Gasteiger partial charge is 0.291 e. The maximum atomic E-state index is 12.9. The zero-order chi connectivity index (χ0) is 21.9. The maximum Gasteiger partial charge on any atom is 0.291 e. The monoisotopic (exact) mass is 427 g/mol. The molecule has 5 rings (SSSR count). The van der Waals surface area contributed by atoms with Gasteiger partial charge in [-0.25, -0.2) is 4.98 Å². The molecule has 2 heterocycles. The topological polar surface area (TPSA) is 97.4 Å². The van der Waals surface area contributed by atoms with E-state index in [0.717, 1.165) is 24.0 Å². The van der Waals surface area contributed by atoms with E-state index < -0.39 is 0 Å². The van der Waals surface area contributed by atoms with Crippen LogP contribution in [0.1, 0.15) is 51.1 Å². The molecular formula is C25H21N3O4. The molecule has 0 atom stereocenters. The number of nitrogens with zero attached hydrogens (tertiary/aromatic N) is 1. The Morgan fingerprint density at radius 2 is 1.72 bits per heavy atom. The number of benzene rings is 2. The fraction of sp³-hybridized carbons (Fsp3) is 0.160. The van der Waals surface area contributed by atoms with Gasteiger partial charge in [-0.3, -0.25) is 9.59 Å². The van der Waals surface area contributed by atoms with Gasteiger partial charge in [0.1, 0.15) is 5.76 Å². The summed E-state index contributed by atoms with van der Waals surface area (Å²) in [6.45, 7) is 0.336. The van der Waals surface area contributed by atoms with E-state index in [1.165, 1.54) is 6.26 Å². The van der Waals surface area contributed by atoms with Gasteiger partial charge >= 0.3 is 0 Å². The van der Waals surface area contributed by atoms with Crippen molar-refractivity contribution in [3.05, 3.63) is 95.8 Å². The quantitative estimate of drug-likeness (QED) is 0.433. The second-order valence-corrected chi connectivity index (χ2v) is 7.68. The van der Waals surface area contributed by atoms with E-state index in [0.29, 0.717) is 29.6 Å². The van der Waals surface area contributed by atoms with Crippen LogP contribution in [0.5, 0.6) is 0 Å². The highest BCUT2D eigenvalue weighted by Gasteiger charge is 2.34. The van der Waals surface area contributed by atoms with E-state index in [9.17, 15) is 9.59 Å². The molecule has 1 saturated carbocycles. The number of oxazole rings is 1. The van der Waals surface area contributed by atoms with Crippen LogP contribution in [-0.4, -0.2) is 16.8 Å². The molecule has 7 nitrogen and oxygen atoms in total. The van der Waals surface area contributed by atoms with E-state index in [1.807, 2.05) is 42.5 Å². The minimum absolute atomic E-state index is 0.246. The van der Waals surface area contributed by atoms with Crippen LogP contribution in [0.25, 0.3) is 11.5 Å². The molecule has 1 aliphatic rings. The summed E-state index contributed by atoms with van der Waals surface area (Å²) < 4.78 is 11.0. The first-order valence-corrected chi connectivity index (χ1v) is 10.5. The van der Waals surface area contributed by atoms with E-state index in [4.69, 9.17) is 8.83 Å². The molecule has 0 aliphatic heterocycles. The molecule has 0 unspecified atom stereocenters. The number of carbonyl (C=O) groups is 2. The SMILES string of the molecule is O=C(Nc1ccc(CNC(=O)c2nc(-c3ccccc3)oc2C2CC2)cc1)c1ccco1. The van der Waals surface area contributed by atoms with Crippen LogP contribution in [0, 0.1) is 0 Å². The highest BCUT2D eigenvalue weighted by atomic mass is 16.4. The lowest BCUT2D eigenvalue weighted by Crippen LogP contribution is -2.24. The Balaban J connectivity index is 1.24. The molecule has 7 heteroatoms. The third-order valence-electron chi connectivity index (χ3n) is 5.25. The first kappa shape index (κ1) is 19.8. The van der Waals surface area contributed by atoms with Gasteiger partial charge in [0.05, 0.1) is 6.26 Å². The first-order chi connectivity index (χ1) is 15.7. The number of amides is 2. The molecule has 4 aromatic rings. The van der Waals surface area contributed by atoms with Crippen molar-refractivity contribution < 1.29 is 18.4 Å². The van der Waals surface area contributed by atoms with Crippen molar-refractivity contribution in [2.45, 2.75) is 25.3 Å². The van der Waals surface area contributed by atoms with Gasteiger partial charge < -0.3 is 19.5 Å². The molecule has 2 N–H and O–H groups in total. The molecule has 0 radical (unpaired) electrons. The summed E-state index contributed by atoms with van der Waals surface area (Å²) in [6, 6.07) is 20.1. The largest absolute Gasteiger partial charge is 0.459 e. The molecule has 1 aliphatic carbocycles. The van der Waals surface area contributed by atoms with Crippen molar-refractivity contribution >= 4 is 17.5 Å². The van der Waals surface area contributed by atoms with Crippen LogP contribution < -0.4 is 10.6 Å². The van der Waals surface area contributed by atoms with Gasteiger partial charge in [0, 0.05) is 23.7 Å². The Hall–Kier alpha value is -4.13. The van der Waals surface area contributed by atoms with E-state index in [1.54, 1.807) is 24.3 Å². The molecule has 0 spiro atoms. The lowest BCUT2D eigenvalue weighted by molar-refractivity contribution is 0.0943. The van der Waals surface area contributed by atoms with Crippen LogP contribution in [-0.2, 0) is 6.54 Å². The Kier molecular flexibility index (Phi) is 5.29. The van der Waals surface area contributed by atoms with Crippen LogP contribution >= 0.6 is 0 Å². The summed E-state index contributed by atoms with van der Waals surface area (Å²) >= 11 is 0. The average Bonchev–Trinajstić information content (AvgIpc) is 3.33. The lowest BCUT2D eigenvalue weighted by Gasteiger charge is -2.07. The number of hydrogen-bond donors (Lipinski definition) is 2. The van der Waals surface area contributed by atoms with Crippen molar-refractivity contribution in [1.82, 2.24) is 10.3 Å². The van der Waals surface area contributed by atoms with E-state index in [-0.39, 0.29) is 23.5 Å². The molecule has 160 valence electrons. The standard InChI is InChI=1S/C25H21N3O4/c29-23(20-7-4-14-31-20)27-19-12-8-16(9-13-19)15-26-24(30)21-22(17-10-11-17)32-25(28-21)18-5-2-1-3-6-18/h1-9,12-14,17H,10-11,15H2,(H,26,30)(H,27,29). The van der Waals surface area contributed by atoms with Gasteiger partial charge in [0.2, 0.25) is 5.89 Å². The van der Waals surface area contributed by atoms with Gasteiger partial charge in [-0.2, -0.15) is 0 Å². The van der Waals surface area contributed by atoms with Crippen molar-refractivity contribution in [2.75, 3.05) is 5.32 Å². The fourth-order valence-corrected chi connectivity index (χ4v) is 3.39. The lowest BCUT2D eigenvalue weighted by atomic mass is 10.2. The van der Waals surface area contributed by atoms with Gasteiger partial charge in [-0.05, 0) is 54.8 Å². The van der Waals surface area contributed by atoms with Crippen molar-refractivity contribution in [2.24, 2.45) is 0 Å². The maximum absolute atomic E-state index is 12.9. The van der Waals surface area contributed by atoms with Crippen molar-refractivity contribution in [3.63, 3.8) is 0 Å². The van der Waals surface area contributed by atoms with Crippen molar-refractivity contribution in [3.8, 4) is 11.5 Å². The highest BCUT2D eigenvalue weighted by molar-refractivity contribution is 6.02.